The highest BCUT2D eigenvalue weighted by atomic mass is 19.3. The molecule has 0 bridgehead atoms. The van der Waals surface area contributed by atoms with Gasteiger partial charge in [0.2, 0.25) is 17.7 Å². The van der Waals surface area contributed by atoms with E-state index in [1.54, 1.807) is 6.92 Å². The number of rotatable bonds is 8. The Kier molecular flexibility index (Phi) is 9.35. The molecule has 2 fully saturated rings. The van der Waals surface area contributed by atoms with Crippen molar-refractivity contribution in [2.24, 2.45) is 0 Å². The first-order valence-corrected chi connectivity index (χ1v) is 13.7. The van der Waals surface area contributed by atoms with Gasteiger partial charge in [0.05, 0.1) is 19.0 Å². The van der Waals surface area contributed by atoms with Crippen LogP contribution < -0.4 is 25.0 Å². The minimum absolute atomic E-state index is 0.00357. The summed E-state index contributed by atoms with van der Waals surface area (Å²) in [6, 6.07) is -0.835. The summed E-state index contributed by atoms with van der Waals surface area (Å²) < 4.78 is 40.6. The molecule has 2 N–H and O–H groups in total. The number of piperidine rings is 2. The van der Waals surface area contributed by atoms with Crippen LogP contribution in [0.2, 0.25) is 0 Å². The van der Waals surface area contributed by atoms with Crippen molar-refractivity contribution in [3.63, 3.8) is 0 Å². The maximum absolute atomic E-state index is 15.0. The molecule has 224 valence electrons. The Morgan fingerprint density at radius 2 is 1.85 bits per heavy atom. The summed E-state index contributed by atoms with van der Waals surface area (Å²) >= 11 is 0. The van der Waals surface area contributed by atoms with E-state index in [1.807, 2.05) is 6.92 Å². The number of alkyl halides is 2. The minimum Gasteiger partial charge on any atom is -0.477 e. The van der Waals surface area contributed by atoms with E-state index in [-0.39, 0.29) is 36.6 Å². The van der Waals surface area contributed by atoms with Gasteiger partial charge in [0, 0.05) is 57.4 Å². The number of nitrogens with one attached hydrogen (secondary N) is 2. The number of aromatic nitrogens is 4. The number of likely N-dealkylation sites (N-methyl/N-ethyl adjacent to an activating group) is 1. The van der Waals surface area contributed by atoms with Gasteiger partial charge in [0.15, 0.2) is 5.82 Å². The molecule has 0 unspecified atom stereocenters. The van der Waals surface area contributed by atoms with Crippen molar-refractivity contribution in [2.45, 2.75) is 57.5 Å². The number of halogens is 2. The second-order valence-electron chi connectivity index (χ2n) is 10.4. The first-order chi connectivity index (χ1) is 19.5. The molecule has 2 saturated heterocycles. The largest absolute Gasteiger partial charge is 0.477 e. The highest BCUT2D eigenvalue weighted by Gasteiger charge is 2.48. The average Bonchev–Trinajstić information content (AvgIpc) is 2.94. The Bertz CT molecular complexity index is 1200. The van der Waals surface area contributed by atoms with E-state index in [0.29, 0.717) is 6.61 Å². The monoisotopic (exact) mass is 577 g/mol. The third-order valence-corrected chi connectivity index (χ3v) is 7.45. The zero-order chi connectivity index (χ0) is 29.6. The standard InChI is InChI=1S/C26H37F2N9O4/c1-5-36-12-8-25(3,9-13-36)34-24(39)41-20-7-11-29-22(33-20)37-14-10-26(27,28)18(17-37)35(4)23(38)32-19-15-31-21(16-30-19)40-6-2/h7,11,15-16,18H,5-6,8-10,12-14,17H2,1-4H3,(H,34,39)(H,30,32,38)/t18-/m0/s1. The Balaban J connectivity index is 1.38. The van der Waals surface area contributed by atoms with Crippen LogP contribution in [0, 0.1) is 0 Å². The molecule has 13 nitrogen and oxygen atoms in total. The zero-order valence-electron chi connectivity index (χ0n) is 23.8. The van der Waals surface area contributed by atoms with Gasteiger partial charge in [0.1, 0.15) is 6.04 Å². The molecule has 2 aliphatic heterocycles. The van der Waals surface area contributed by atoms with Crippen molar-refractivity contribution in [3.8, 4) is 11.8 Å². The third kappa shape index (κ3) is 7.65. The smallest absolute Gasteiger partial charge is 0.414 e. The number of amides is 3. The molecule has 3 amide bonds. The molecule has 0 aromatic carbocycles. The number of carbonyl (C=O) groups is 2. The number of hydrogen-bond acceptors (Lipinski definition) is 10. The van der Waals surface area contributed by atoms with Crippen LogP contribution in [0.15, 0.2) is 24.7 Å². The Hall–Kier alpha value is -3.88. The quantitative estimate of drug-likeness (QED) is 0.482. The summed E-state index contributed by atoms with van der Waals surface area (Å²) in [5.41, 5.74) is -0.396. The van der Waals surface area contributed by atoms with E-state index < -0.39 is 36.0 Å². The average molecular weight is 578 g/mol. The van der Waals surface area contributed by atoms with Crippen LogP contribution in [0.5, 0.6) is 11.8 Å². The predicted molar refractivity (Wildman–Crippen MR) is 146 cm³/mol. The summed E-state index contributed by atoms with van der Waals surface area (Å²) in [7, 11) is 1.29. The lowest BCUT2D eigenvalue weighted by Gasteiger charge is -2.42. The van der Waals surface area contributed by atoms with Crippen molar-refractivity contribution in [1.29, 1.82) is 0 Å². The molecule has 4 rings (SSSR count). The number of ether oxygens (including phenoxy) is 2. The van der Waals surface area contributed by atoms with Gasteiger partial charge in [-0.05, 0) is 33.2 Å². The fourth-order valence-electron chi connectivity index (χ4n) is 4.81. The van der Waals surface area contributed by atoms with Crippen LogP contribution in [0.25, 0.3) is 0 Å². The van der Waals surface area contributed by atoms with E-state index in [1.165, 1.54) is 36.6 Å². The summed E-state index contributed by atoms with van der Waals surface area (Å²) in [5.74, 6) is -2.68. The van der Waals surface area contributed by atoms with Gasteiger partial charge in [-0.15, -0.1) is 0 Å². The van der Waals surface area contributed by atoms with Crippen molar-refractivity contribution in [3.05, 3.63) is 24.7 Å². The van der Waals surface area contributed by atoms with Crippen LogP contribution >= 0.6 is 0 Å². The third-order valence-electron chi connectivity index (χ3n) is 7.45. The van der Waals surface area contributed by atoms with Crippen molar-refractivity contribution >= 4 is 23.9 Å². The van der Waals surface area contributed by atoms with Gasteiger partial charge in [0.25, 0.3) is 5.92 Å². The summed E-state index contributed by atoms with van der Waals surface area (Å²) in [5, 5.41) is 5.41. The van der Waals surface area contributed by atoms with Gasteiger partial charge < -0.3 is 29.5 Å². The van der Waals surface area contributed by atoms with Crippen LogP contribution in [0.4, 0.5) is 30.1 Å². The van der Waals surface area contributed by atoms with E-state index in [0.717, 1.165) is 37.4 Å². The number of hydrogen-bond donors (Lipinski definition) is 2. The van der Waals surface area contributed by atoms with Gasteiger partial charge in [-0.2, -0.15) is 4.98 Å². The van der Waals surface area contributed by atoms with Crippen LogP contribution in [-0.2, 0) is 0 Å². The Morgan fingerprint density at radius 3 is 2.51 bits per heavy atom. The Morgan fingerprint density at radius 1 is 1.10 bits per heavy atom. The summed E-state index contributed by atoms with van der Waals surface area (Å²) in [4.78, 5) is 46.8. The molecule has 0 saturated carbocycles. The SMILES string of the molecule is CCOc1cnc(NC(=O)N(C)[C@H]2CN(c3nccc(OC(=O)NC4(C)CCN(CC)CC4)n3)CCC2(F)F)cn1. The number of nitrogens with zero attached hydrogens (tertiary/aromatic N) is 7. The molecular formula is C26H37F2N9O4. The number of carbonyl (C=O) groups excluding carboxylic acids is 2. The maximum atomic E-state index is 15.0. The lowest BCUT2D eigenvalue weighted by Crippen LogP contribution is -2.60. The molecule has 4 heterocycles. The molecule has 15 heteroatoms. The molecule has 0 spiro atoms. The minimum atomic E-state index is -3.16. The van der Waals surface area contributed by atoms with Crippen molar-refractivity contribution in [2.75, 3.05) is 56.6 Å². The van der Waals surface area contributed by atoms with Crippen LogP contribution in [-0.4, -0.2) is 106 Å². The number of anilines is 2. The maximum Gasteiger partial charge on any atom is 0.414 e. The van der Waals surface area contributed by atoms with Crippen LogP contribution in [0.3, 0.4) is 0 Å². The predicted octanol–water partition coefficient (Wildman–Crippen LogP) is 3.01. The van der Waals surface area contributed by atoms with Gasteiger partial charge in [-0.25, -0.2) is 33.3 Å². The van der Waals surface area contributed by atoms with Crippen molar-refractivity contribution < 1.29 is 27.8 Å². The topological polar surface area (TPSA) is 138 Å². The normalized spacial score (nSPS) is 20.1. The van der Waals surface area contributed by atoms with E-state index in [9.17, 15) is 18.4 Å². The molecular weight excluding hydrogens is 540 g/mol. The van der Waals surface area contributed by atoms with Gasteiger partial charge in [-0.3, -0.25) is 5.32 Å². The number of likely N-dealkylation sites (tertiary alicyclic amines) is 1. The van der Waals surface area contributed by atoms with Gasteiger partial charge in [-0.1, -0.05) is 6.92 Å². The van der Waals surface area contributed by atoms with E-state index >= 15 is 0 Å². The van der Waals surface area contributed by atoms with Crippen LogP contribution in [0.1, 0.15) is 40.0 Å². The molecule has 2 aromatic heterocycles. The lowest BCUT2D eigenvalue weighted by atomic mass is 9.90. The molecule has 2 aromatic rings. The van der Waals surface area contributed by atoms with E-state index in [4.69, 9.17) is 9.47 Å². The summed E-state index contributed by atoms with van der Waals surface area (Å²) in [6.45, 7) is 8.72. The van der Waals surface area contributed by atoms with Gasteiger partial charge >= 0.3 is 12.1 Å². The molecule has 41 heavy (non-hydrogen) atoms. The molecule has 1 atom stereocenters. The highest BCUT2D eigenvalue weighted by molar-refractivity contribution is 5.88. The first-order valence-electron chi connectivity index (χ1n) is 13.7. The lowest BCUT2D eigenvalue weighted by molar-refractivity contribution is -0.0760. The van der Waals surface area contributed by atoms with Crippen molar-refractivity contribution in [1.82, 2.24) is 35.1 Å². The number of urea groups is 1. The van der Waals surface area contributed by atoms with E-state index in [2.05, 4.69) is 42.4 Å². The fraction of sp³-hybridized carbons (Fsp3) is 0.615. The highest BCUT2D eigenvalue weighted by Crippen LogP contribution is 2.33. The molecule has 2 aliphatic rings. The molecule has 0 aliphatic carbocycles. The Labute approximate surface area is 237 Å². The zero-order valence-corrected chi connectivity index (χ0v) is 23.8. The summed E-state index contributed by atoms with van der Waals surface area (Å²) in [6.07, 6.45) is 4.43. The second-order valence-corrected chi connectivity index (χ2v) is 10.4. The fourth-order valence-corrected chi connectivity index (χ4v) is 4.81. The molecule has 0 radical (unpaired) electrons. The first kappa shape index (κ1) is 30.1. The second kappa shape index (κ2) is 12.7.